The van der Waals surface area contributed by atoms with Crippen molar-refractivity contribution in [2.45, 2.75) is 104 Å². The summed E-state index contributed by atoms with van der Waals surface area (Å²) in [6.07, 6.45) is 11.0. The molecule has 4 bridgehead atoms. The summed E-state index contributed by atoms with van der Waals surface area (Å²) in [4.78, 5) is 69.9. The van der Waals surface area contributed by atoms with E-state index in [1.54, 1.807) is 33.8 Å². The molecule has 8 aliphatic rings. The van der Waals surface area contributed by atoms with Crippen molar-refractivity contribution in [2.24, 2.45) is 64.1 Å². The Bertz CT molecular complexity index is 1800. The zero-order chi connectivity index (χ0) is 36.0. The van der Waals surface area contributed by atoms with Crippen molar-refractivity contribution < 1.29 is 39.3 Å². The lowest BCUT2D eigenvalue weighted by atomic mass is 9.37. The minimum Gasteiger partial charge on any atom is -0.507 e. The van der Waals surface area contributed by atoms with E-state index < -0.39 is 81.0 Å². The predicted molar refractivity (Wildman–Crippen MR) is 184 cm³/mol. The molecule has 0 heterocycles. The fourth-order valence-electron chi connectivity index (χ4n) is 13.2. The third-order valence-electron chi connectivity index (χ3n) is 15.3. The van der Waals surface area contributed by atoms with E-state index in [1.165, 1.54) is 44.6 Å². The molecule has 8 aliphatic carbocycles. The molecule has 9 rings (SSSR count). The van der Waals surface area contributed by atoms with E-state index in [2.05, 4.69) is 12.2 Å². The molecule has 266 valence electrons. The molecular weight excluding hydrogens is 632 g/mol. The molecule has 0 spiro atoms. The van der Waals surface area contributed by atoms with Crippen LogP contribution in [0.1, 0.15) is 107 Å². The zero-order valence-corrected chi connectivity index (χ0v) is 30.0. The number of rotatable bonds is 5. The van der Waals surface area contributed by atoms with Crippen LogP contribution in [0.25, 0.3) is 0 Å². The monoisotopic (exact) mass is 682 g/mol. The quantitative estimate of drug-likeness (QED) is 0.346. The highest BCUT2D eigenvalue weighted by molar-refractivity contribution is 6.33. The number of carbonyl (C=O) groups excluding carboxylic acids is 5. The minimum atomic E-state index is -2.97. The molecule has 0 radical (unpaired) electrons. The van der Waals surface area contributed by atoms with Gasteiger partial charge in [-0.1, -0.05) is 64.5 Å². The van der Waals surface area contributed by atoms with Gasteiger partial charge in [-0.3, -0.25) is 24.0 Å². The van der Waals surface area contributed by atoms with E-state index in [9.17, 15) is 39.3 Å². The first-order valence-corrected chi connectivity index (χ1v) is 18.8. The number of phenolic OH excluding ortho intramolecular Hbond substituents is 1. The average Bonchev–Trinajstić information content (AvgIpc) is 3.49. The van der Waals surface area contributed by atoms with Gasteiger partial charge >= 0.3 is 0 Å². The van der Waals surface area contributed by atoms with Gasteiger partial charge in [-0.2, -0.15) is 0 Å². The standard InChI is InChI=1S/C42H50O8/c1-18(2)32-35(45)29(20(4)43)37(47)42(50)38(48)33-36(46)31-28(19(3)40(33,5)39(49)41(32,42)6)10-9-25(34(31)44)13-21-7-8-24(12-21)30-26-14-22-11-23(16-26)17-27(30)15-22/h8-10,12,18-19,22-23,26-27,29-30,32-33,39,44,49-50H,7,11,13-17H2,1-6H3/t19-,22?,23?,26?,27?,29?,30?,32?,33?,39-,40+,41+,42+/m1/s1. The number of benzene rings is 1. The van der Waals surface area contributed by atoms with E-state index in [0.717, 1.165) is 42.6 Å². The summed E-state index contributed by atoms with van der Waals surface area (Å²) in [5.41, 5.74) is -2.92. The molecule has 3 unspecified atom stereocenters. The fraction of sp³-hybridized carbons (Fsp3) is 0.643. The van der Waals surface area contributed by atoms with Crippen LogP contribution in [0.5, 0.6) is 5.75 Å². The van der Waals surface area contributed by atoms with Crippen LogP contribution in [0, 0.1) is 64.1 Å². The van der Waals surface area contributed by atoms with E-state index in [0.29, 0.717) is 23.5 Å². The molecular formula is C42H50O8. The molecule has 8 atom stereocenters. The van der Waals surface area contributed by atoms with Crippen molar-refractivity contribution in [1.82, 2.24) is 0 Å². The van der Waals surface area contributed by atoms with Gasteiger partial charge in [0.1, 0.15) is 17.5 Å². The first-order valence-electron chi connectivity index (χ1n) is 18.8. The van der Waals surface area contributed by atoms with Crippen molar-refractivity contribution in [1.29, 1.82) is 0 Å². The van der Waals surface area contributed by atoms with Crippen LogP contribution in [0.3, 0.4) is 0 Å². The number of aliphatic hydroxyl groups excluding tert-OH is 1. The Labute approximate surface area is 293 Å². The van der Waals surface area contributed by atoms with Gasteiger partial charge in [0.2, 0.25) is 0 Å². The first kappa shape index (κ1) is 33.9. The summed E-state index contributed by atoms with van der Waals surface area (Å²) >= 11 is 0. The maximum absolute atomic E-state index is 14.7. The second-order valence-corrected chi connectivity index (χ2v) is 18.1. The van der Waals surface area contributed by atoms with E-state index in [4.69, 9.17) is 0 Å². The van der Waals surface area contributed by atoms with E-state index in [-0.39, 0.29) is 11.3 Å². The molecule has 1 aromatic rings. The van der Waals surface area contributed by atoms with E-state index in [1.807, 2.05) is 6.07 Å². The zero-order valence-electron chi connectivity index (χ0n) is 30.0. The Balaban J connectivity index is 1.16. The number of carbonyl (C=O) groups is 5. The topological polar surface area (TPSA) is 146 Å². The molecule has 6 fully saturated rings. The van der Waals surface area contributed by atoms with Crippen LogP contribution < -0.4 is 0 Å². The van der Waals surface area contributed by atoms with Crippen molar-refractivity contribution in [2.75, 3.05) is 0 Å². The summed E-state index contributed by atoms with van der Waals surface area (Å²) in [5, 5.41) is 36.5. The van der Waals surface area contributed by atoms with Gasteiger partial charge in [0.25, 0.3) is 0 Å². The molecule has 8 nitrogen and oxygen atoms in total. The highest BCUT2D eigenvalue weighted by atomic mass is 16.3. The Hall–Kier alpha value is -3.23. The lowest BCUT2D eigenvalue weighted by Crippen LogP contribution is -2.81. The second-order valence-electron chi connectivity index (χ2n) is 18.1. The largest absolute Gasteiger partial charge is 0.507 e. The average molecular weight is 683 g/mol. The lowest BCUT2D eigenvalue weighted by Gasteiger charge is -2.65. The molecule has 0 saturated heterocycles. The number of aromatic hydroxyl groups is 1. The molecule has 8 heteroatoms. The van der Waals surface area contributed by atoms with Gasteiger partial charge < -0.3 is 15.3 Å². The third kappa shape index (κ3) is 4.04. The number of allylic oxidation sites excluding steroid dienone is 4. The summed E-state index contributed by atoms with van der Waals surface area (Å²) in [7, 11) is 0. The van der Waals surface area contributed by atoms with Gasteiger partial charge in [-0.05, 0) is 110 Å². The van der Waals surface area contributed by atoms with Crippen molar-refractivity contribution in [3.8, 4) is 5.75 Å². The Morgan fingerprint density at radius 1 is 0.960 bits per heavy atom. The van der Waals surface area contributed by atoms with Gasteiger partial charge in [0, 0.05) is 16.7 Å². The Kier molecular flexibility index (Phi) is 7.38. The maximum atomic E-state index is 14.7. The smallest absolute Gasteiger partial charge is 0.191 e. The number of hydrogen-bond donors (Lipinski definition) is 3. The number of ketones is 5. The molecule has 50 heavy (non-hydrogen) atoms. The van der Waals surface area contributed by atoms with Crippen LogP contribution in [-0.4, -0.2) is 55.9 Å². The molecule has 0 aromatic heterocycles. The van der Waals surface area contributed by atoms with Crippen LogP contribution in [0.2, 0.25) is 0 Å². The first-order chi connectivity index (χ1) is 23.5. The van der Waals surface area contributed by atoms with Gasteiger partial charge in [-0.25, -0.2) is 0 Å². The van der Waals surface area contributed by atoms with Gasteiger partial charge in [0.05, 0.1) is 17.6 Å². The number of aliphatic hydroxyl groups is 2. The summed E-state index contributed by atoms with van der Waals surface area (Å²) in [6.45, 7) is 9.21. The van der Waals surface area contributed by atoms with Gasteiger partial charge in [-0.15, -0.1) is 0 Å². The fourth-order valence-corrected chi connectivity index (χ4v) is 13.2. The van der Waals surface area contributed by atoms with Gasteiger partial charge in [0.15, 0.2) is 28.7 Å². The normalized spacial score (nSPS) is 44.6. The minimum absolute atomic E-state index is 0.0269. The molecule has 3 N–H and O–H groups in total. The second kappa shape index (κ2) is 10.9. The summed E-state index contributed by atoms with van der Waals surface area (Å²) in [6, 6.07) is 3.61. The highest BCUT2D eigenvalue weighted by Gasteiger charge is 2.80. The van der Waals surface area contributed by atoms with E-state index >= 15 is 0 Å². The maximum Gasteiger partial charge on any atom is 0.191 e. The molecule has 1 aromatic carbocycles. The predicted octanol–water partition coefficient (Wildman–Crippen LogP) is 5.50. The molecule has 6 saturated carbocycles. The molecule has 0 amide bonds. The molecule has 0 aliphatic heterocycles. The summed E-state index contributed by atoms with van der Waals surface area (Å²) in [5.74, 6) is -6.99. The SMILES string of the molecule is CC(=O)C1C(=O)C(C(C)C)[C@@]2(C)[C@H](O)[C@]3(C)C(C(=O)c4c(ccc(CC5=CC(C6C7CC8CC(C7)CC6C8)=CC5)c4O)[C@H]3C)C(=O)[C@@]2(O)C1=O. The van der Waals surface area contributed by atoms with Crippen molar-refractivity contribution in [3.63, 3.8) is 0 Å². The van der Waals surface area contributed by atoms with Crippen LogP contribution in [-0.2, 0) is 25.6 Å². The van der Waals surface area contributed by atoms with Crippen molar-refractivity contribution in [3.05, 3.63) is 52.1 Å². The number of hydrogen-bond acceptors (Lipinski definition) is 8. The Morgan fingerprint density at radius 2 is 1.58 bits per heavy atom. The third-order valence-corrected chi connectivity index (χ3v) is 15.3. The van der Waals surface area contributed by atoms with Crippen LogP contribution in [0.15, 0.2) is 35.4 Å². The number of phenols is 1. The number of fused-ring (bicyclic) bond motifs is 3. The van der Waals surface area contributed by atoms with Crippen molar-refractivity contribution >= 4 is 28.9 Å². The summed E-state index contributed by atoms with van der Waals surface area (Å²) < 4.78 is 0. The highest BCUT2D eigenvalue weighted by Crippen LogP contribution is 2.67. The lowest BCUT2D eigenvalue weighted by molar-refractivity contribution is -0.240. The van der Waals surface area contributed by atoms with Crippen LogP contribution >= 0.6 is 0 Å². The Morgan fingerprint density at radius 3 is 2.16 bits per heavy atom. The van der Waals surface area contributed by atoms with Crippen LogP contribution in [0.4, 0.5) is 0 Å². The number of Topliss-reactive ketones (excluding diaryl/α,β-unsaturated/α-hetero) is 5.